The van der Waals surface area contributed by atoms with Crippen molar-refractivity contribution in [2.45, 2.75) is 40.2 Å². The Morgan fingerprint density at radius 3 is 2.17 bits per heavy atom. The number of nitrogens with one attached hydrogen (secondary N) is 1. The average molecular weight is 247 g/mol. The molecule has 0 aliphatic carbocycles. The number of benzene rings is 1. The lowest BCUT2D eigenvalue weighted by Gasteiger charge is -2.07. The SMILES string of the molecule is CC(=O)CC(=O)NCc1ccc(CC(C)C)cc1. The lowest BCUT2D eigenvalue weighted by atomic mass is 10.0. The topological polar surface area (TPSA) is 46.2 Å². The average Bonchev–Trinajstić information content (AvgIpc) is 2.26. The predicted molar refractivity (Wildman–Crippen MR) is 72.1 cm³/mol. The van der Waals surface area contributed by atoms with Gasteiger partial charge >= 0.3 is 0 Å². The van der Waals surface area contributed by atoms with Gasteiger partial charge in [0.2, 0.25) is 5.91 Å². The van der Waals surface area contributed by atoms with Crippen molar-refractivity contribution in [3.8, 4) is 0 Å². The lowest BCUT2D eigenvalue weighted by molar-refractivity contribution is -0.127. The first-order chi connectivity index (χ1) is 8.47. The molecule has 3 heteroatoms. The van der Waals surface area contributed by atoms with Crippen LogP contribution in [0.15, 0.2) is 24.3 Å². The number of hydrogen-bond acceptors (Lipinski definition) is 2. The van der Waals surface area contributed by atoms with E-state index in [0.29, 0.717) is 12.5 Å². The first-order valence-electron chi connectivity index (χ1n) is 6.31. The third-order valence-electron chi connectivity index (χ3n) is 2.57. The van der Waals surface area contributed by atoms with Gasteiger partial charge in [-0.25, -0.2) is 0 Å². The number of amides is 1. The standard InChI is InChI=1S/C15H21NO2/c1-11(2)8-13-4-6-14(7-5-13)10-16-15(18)9-12(3)17/h4-7,11H,8-10H2,1-3H3,(H,16,18). The normalized spacial score (nSPS) is 10.4. The molecule has 0 fully saturated rings. The minimum atomic E-state index is -0.214. The highest BCUT2D eigenvalue weighted by Gasteiger charge is 2.04. The van der Waals surface area contributed by atoms with Crippen LogP contribution in [0.4, 0.5) is 0 Å². The van der Waals surface area contributed by atoms with Crippen LogP contribution >= 0.6 is 0 Å². The third kappa shape index (κ3) is 5.62. The van der Waals surface area contributed by atoms with Gasteiger partial charge in [0, 0.05) is 6.54 Å². The van der Waals surface area contributed by atoms with E-state index >= 15 is 0 Å². The van der Waals surface area contributed by atoms with E-state index in [1.165, 1.54) is 12.5 Å². The van der Waals surface area contributed by atoms with Crippen molar-refractivity contribution in [3.63, 3.8) is 0 Å². The van der Waals surface area contributed by atoms with Gasteiger partial charge in [0.1, 0.15) is 5.78 Å². The Hall–Kier alpha value is -1.64. The Morgan fingerprint density at radius 2 is 1.67 bits per heavy atom. The van der Waals surface area contributed by atoms with E-state index in [0.717, 1.165) is 12.0 Å². The Balaban J connectivity index is 2.44. The van der Waals surface area contributed by atoms with Gasteiger partial charge in [0.25, 0.3) is 0 Å². The maximum atomic E-state index is 11.3. The van der Waals surface area contributed by atoms with Crippen LogP contribution in [0.25, 0.3) is 0 Å². The van der Waals surface area contributed by atoms with Crippen molar-refractivity contribution >= 4 is 11.7 Å². The summed E-state index contributed by atoms with van der Waals surface area (Å²) in [5.41, 5.74) is 2.36. The number of rotatable bonds is 6. The zero-order valence-electron chi connectivity index (χ0n) is 11.3. The smallest absolute Gasteiger partial charge is 0.227 e. The molecule has 1 N–H and O–H groups in total. The molecule has 1 aromatic rings. The molecule has 0 aromatic heterocycles. The highest BCUT2D eigenvalue weighted by molar-refractivity contribution is 5.96. The zero-order valence-corrected chi connectivity index (χ0v) is 11.3. The molecule has 0 aliphatic heterocycles. The van der Waals surface area contributed by atoms with E-state index in [1.807, 2.05) is 12.1 Å². The Morgan fingerprint density at radius 1 is 1.11 bits per heavy atom. The molecule has 1 aromatic carbocycles. The van der Waals surface area contributed by atoms with E-state index in [1.54, 1.807) is 0 Å². The van der Waals surface area contributed by atoms with Crippen molar-refractivity contribution in [1.82, 2.24) is 5.32 Å². The van der Waals surface area contributed by atoms with Crippen LogP contribution in [-0.4, -0.2) is 11.7 Å². The molecule has 0 bridgehead atoms. The van der Waals surface area contributed by atoms with Gasteiger partial charge in [-0.2, -0.15) is 0 Å². The summed E-state index contributed by atoms with van der Waals surface area (Å²) >= 11 is 0. The summed E-state index contributed by atoms with van der Waals surface area (Å²) in [6.45, 7) is 6.28. The highest BCUT2D eigenvalue weighted by atomic mass is 16.2. The first kappa shape index (κ1) is 14.4. The minimum absolute atomic E-state index is 0.0363. The molecule has 1 rings (SSSR count). The van der Waals surface area contributed by atoms with Crippen molar-refractivity contribution in [2.75, 3.05) is 0 Å². The van der Waals surface area contributed by atoms with Gasteiger partial charge in [0.15, 0.2) is 0 Å². The summed E-state index contributed by atoms with van der Waals surface area (Å²) < 4.78 is 0. The summed E-state index contributed by atoms with van der Waals surface area (Å²) in [5.74, 6) is 0.319. The van der Waals surface area contributed by atoms with E-state index in [4.69, 9.17) is 0 Å². The van der Waals surface area contributed by atoms with Gasteiger partial charge in [-0.05, 0) is 30.4 Å². The molecular formula is C15H21NO2. The molecule has 98 valence electrons. The fourth-order valence-corrected chi connectivity index (χ4v) is 1.75. The van der Waals surface area contributed by atoms with Gasteiger partial charge in [0.05, 0.1) is 6.42 Å². The van der Waals surface area contributed by atoms with E-state index < -0.39 is 0 Å². The van der Waals surface area contributed by atoms with Crippen molar-refractivity contribution in [2.24, 2.45) is 5.92 Å². The Kier molecular flexibility index (Phi) is 5.56. The monoisotopic (exact) mass is 247 g/mol. The number of carbonyl (C=O) groups is 2. The van der Waals surface area contributed by atoms with E-state index in [2.05, 4.69) is 31.3 Å². The molecule has 0 spiro atoms. The molecule has 3 nitrogen and oxygen atoms in total. The first-order valence-corrected chi connectivity index (χ1v) is 6.31. The summed E-state index contributed by atoms with van der Waals surface area (Å²) in [6, 6.07) is 8.22. The summed E-state index contributed by atoms with van der Waals surface area (Å²) in [7, 11) is 0. The number of ketones is 1. The van der Waals surface area contributed by atoms with Crippen molar-refractivity contribution in [3.05, 3.63) is 35.4 Å². The molecule has 0 saturated carbocycles. The minimum Gasteiger partial charge on any atom is -0.352 e. The van der Waals surface area contributed by atoms with E-state index in [-0.39, 0.29) is 18.1 Å². The summed E-state index contributed by atoms with van der Waals surface area (Å²) in [6.07, 6.45) is 1.03. The van der Waals surface area contributed by atoms with Crippen LogP contribution in [0.1, 0.15) is 38.3 Å². The predicted octanol–water partition coefficient (Wildman–Crippen LogP) is 2.48. The molecule has 0 unspecified atom stereocenters. The van der Waals surface area contributed by atoms with E-state index in [9.17, 15) is 9.59 Å². The van der Waals surface area contributed by atoms with Crippen LogP contribution in [0, 0.1) is 5.92 Å². The second-order valence-corrected chi connectivity index (χ2v) is 5.07. The Bertz CT molecular complexity index is 407. The summed E-state index contributed by atoms with van der Waals surface area (Å²) in [4.78, 5) is 22.1. The maximum Gasteiger partial charge on any atom is 0.227 e. The fraction of sp³-hybridized carbons (Fsp3) is 0.467. The third-order valence-corrected chi connectivity index (χ3v) is 2.57. The van der Waals surface area contributed by atoms with Crippen LogP contribution in [0.3, 0.4) is 0 Å². The van der Waals surface area contributed by atoms with Crippen LogP contribution < -0.4 is 5.32 Å². The van der Waals surface area contributed by atoms with Crippen LogP contribution in [-0.2, 0) is 22.6 Å². The Labute approximate surface area is 109 Å². The molecule has 0 aliphatic rings. The maximum absolute atomic E-state index is 11.3. The fourth-order valence-electron chi connectivity index (χ4n) is 1.75. The highest BCUT2D eigenvalue weighted by Crippen LogP contribution is 2.09. The molecule has 1 amide bonds. The molecule has 0 atom stereocenters. The van der Waals surface area contributed by atoms with Crippen molar-refractivity contribution in [1.29, 1.82) is 0 Å². The second-order valence-electron chi connectivity index (χ2n) is 5.07. The zero-order chi connectivity index (χ0) is 13.5. The van der Waals surface area contributed by atoms with Gasteiger partial charge in [-0.3, -0.25) is 9.59 Å². The largest absolute Gasteiger partial charge is 0.352 e. The van der Waals surface area contributed by atoms with Crippen LogP contribution in [0.5, 0.6) is 0 Å². The molecule has 18 heavy (non-hydrogen) atoms. The lowest BCUT2D eigenvalue weighted by Crippen LogP contribution is -2.24. The second kappa shape index (κ2) is 6.94. The summed E-state index contributed by atoms with van der Waals surface area (Å²) in [5, 5.41) is 2.73. The number of Topliss-reactive ketones (excluding diaryl/α,β-unsaturated/α-hetero) is 1. The molecule has 0 radical (unpaired) electrons. The molecule has 0 saturated heterocycles. The quantitative estimate of drug-likeness (QED) is 0.785. The number of carbonyl (C=O) groups excluding carboxylic acids is 2. The molecular weight excluding hydrogens is 226 g/mol. The van der Waals surface area contributed by atoms with Gasteiger partial charge in [-0.1, -0.05) is 38.1 Å². The molecule has 0 heterocycles. The van der Waals surface area contributed by atoms with Gasteiger partial charge in [-0.15, -0.1) is 0 Å². The number of hydrogen-bond donors (Lipinski definition) is 1. The van der Waals surface area contributed by atoms with Crippen LogP contribution in [0.2, 0.25) is 0 Å². The van der Waals surface area contributed by atoms with Gasteiger partial charge < -0.3 is 5.32 Å². The van der Waals surface area contributed by atoms with Crippen molar-refractivity contribution < 1.29 is 9.59 Å².